The lowest BCUT2D eigenvalue weighted by Crippen LogP contribution is -2.62. The number of amides is 1. The molecule has 0 spiro atoms. The number of H-pyrrole nitrogens is 1. The molecule has 0 bridgehead atoms. The fraction of sp³-hybridized carbons (Fsp3) is 0.400. The normalized spacial score (nSPS) is 12.7. The third kappa shape index (κ3) is 6.46. The molecule has 1 amide bonds. The van der Waals surface area contributed by atoms with Crippen LogP contribution in [0.25, 0.3) is 21.5 Å². The topological polar surface area (TPSA) is 92.4 Å². The first-order valence-corrected chi connectivity index (χ1v) is 19.0. The van der Waals surface area contributed by atoms with Crippen LogP contribution in [0.4, 0.5) is 5.69 Å². The van der Waals surface area contributed by atoms with Crippen molar-refractivity contribution >= 4 is 63.8 Å². The van der Waals surface area contributed by atoms with Gasteiger partial charge in [-0.05, 0) is 53.0 Å². The van der Waals surface area contributed by atoms with E-state index in [9.17, 15) is 8.42 Å². The van der Waals surface area contributed by atoms with Crippen molar-refractivity contribution in [2.75, 3.05) is 17.4 Å². The second-order valence-corrected chi connectivity index (χ2v) is 20.1. The maximum atomic E-state index is 15.0. The zero-order valence-electron chi connectivity index (χ0n) is 24.6. The Morgan fingerprint density at radius 2 is 1.66 bits per heavy atom. The van der Waals surface area contributed by atoms with Crippen LogP contribution in [0.15, 0.2) is 54.7 Å². The molecular weight excluding hydrogens is 594 g/mol. The number of carbonyl (C=O) groups is 1. The Labute approximate surface area is 253 Å². The fourth-order valence-corrected chi connectivity index (χ4v) is 14.5. The van der Waals surface area contributed by atoms with Gasteiger partial charge in [0.2, 0.25) is 0 Å². The van der Waals surface area contributed by atoms with E-state index in [0.29, 0.717) is 20.6 Å². The molecule has 0 aliphatic carbocycles. The Morgan fingerprint density at radius 1 is 1.02 bits per heavy atom. The summed E-state index contributed by atoms with van der Waals surface area (Å²) in [6, 6.07) is 15.5. The molecule has 0 saturated heterocycles. The standard InChI is InChI=1S/C30H38ClN3O4S2Si/c1-19(2)41(20(3)4,21(5)6)34(25-12-13-26-23(18-25)14-16-32-26)30(35)28-27(15-17-38-40(7,36)37)33-29(39-28)22-8-10-24(31)11-9-22/h8-14,16,18-21,32H,15,17H2,1-7H3. The molecule has 2 aromatic carbocycles. The Balaban J connectivity index is 1.93. The molecule has 41 heavy (non-hydrogen) atoms. The molecule has 1 N–H and O–H groups in total. The number of thiazole rings is 1. The third-order valence-corrected chi connectivity index (χ3v) is 16.5. The Bertz CT molecular complexity index is 1610. The number of rotatable bonds is 11. The van der Waals surface area contributed by atoms with Gasteiger partial charge in [0.05, 0.1) is 18.6 Å². The smallest absolute Gasteiger partial charge is 0.264 e. The minimum Gasteiger partial charge on any atom is -0.361 e. The number of nitrogens with zero attached hydrogens (tertiary/aromatic N) is 2. The molecule has 220 valence electrons. The van der Waals surface area contributed by atoms with Gasteiger partial charge in [0.25, 0.3) is 16.0 Å². The Kier molecular flexibility index (Phi) is 9.50. The minimum atomic E-state index is -3.64. The molecule has 0 unspecified atom stereocenters. The monoisotopic (exact) mass is 631 g/mol. The van der Waals surface area contributed by atoms with E-state index in [0.717, 1.165) is 28.4 Å². The molecule has 0 fully saturated rings. The Morgan fingerprint density at radius 3 is 2.24 bits per heavy atom. The number of aromatic amines is 1. The summed E-state index contributed by atoms with van der Waals surface area (Å²) in [5.74, 6) is -0.102. The summed E-state index contributed by atoms with van der Waals surface area (Å²) in [7, 11) is -6.20. The lowest BCUT2D eigenvalue weighted by atomic mass is 10.2. The highest BCUT2D eigenvalue weighted by molar-refractivity contribution is 7.85. The van der Waals surface area contributed by atoms with E-state index in [1.807, 2.05) is 36.5 Å². The zero-order valence-corrected chi connectivity index (χ0v) is 28.0. The highest BCUT2D eigenvalue weighted by Gasteiger charge is 2.52. The van der Waals surface area contributed by atoms with Crippen molar-refractivity contribution in [3.8, 4) is 10.6 Å². The maximum absolute atomic E-state index is 15.0. The van der Waals surface area contributed by atoms with Gasteiger partial charge in [0.15, 0.2) is 8.24 Å². The summed E-state index contributed by atoms with van der Waals surface area (Å²) in [5, 5.41) is 2.31. The average Bonchev–Trinajstić information content (AvgIpc) is 3.52. The van der Waals surface area contributed by atoms with Crippen molar-refractivity contribution in [1.82, 2.24) is 9.97 Å². The molecule has 2 heterocycles. The van der Waals surface area contributed by atoms with E-state index >= 15 is 4.79 Å². The van der Waals surface area contributed by atoms with Crippen molar-refractivity contribution in [3.05, 3.63) is 70.3 Å². The first kappa shape index (κ1) is 31.4. The van der Waals surface area contributed by atoms with Crippen molar-refractivity contribution in [2.24, 2.45) is 0 Å². The average molecular weight is 632 g/mol. The van der Waals surface area contributed by atoms with Crippen LogP contribution in [-0.4, -0.2) is 45.4 Å². The molecule has 7 nitrogen and oxygen atoms in total. The summed E-state index contributed by atoms with van der Waals surface area (Å²) in [6.45, 7) is 13.3. The lowest BCUT2D eigenvalue weighted by molar-refractivity contribution is 0.100. The molecule has 4 aromatic rings. The summed E-state index contributed by atoms with van der Waals surface area (Å²) >= 11 is 7.46. The maximum Gasteiger partial charge on any atom is 0.264 e. The number of carbonyl (C=O) groups excluding carboxylic acids is 1. The van der Waals surface area contributed by atoms with Gasteiger partial charge in [0.1, 0.15) is 9.88 Å². The van der Waals surface area contributed by atoms with Gasteiger partial charge < -0.3 is 9.55 Å². The first-order chi connectivity index (χ1) is 19.3. The van der Waals surface area contributed by atoms with Crippen molar-refractivity contribution in [1.29, 1.82) is 0 Å². The van der Waals surface area contributed by atoms with Crippen molar-refractivity contribution in [3.63, 3.8) is 0 Å². The predicted molar refractivity (Wildman–Crippen MR) is 173 cm³/mol. The number of fused-ring (bicyclic) bond motifs is 1. The van der Waals surface area contributed by atoms with Gasteiger partial charge in [0, 0.05) is 39.8 Å². The molecular formula is C30H38ClN3O4S2Si. The molecule has 11 heteroatoms. The highest BCUT2D eigenvalue weighted by atomic mass is 35.5. The van der Waals surface area contributed by atoms with E-state index in [2.05, 4.69) is 57.2 Å². The molecule has 0 radical (unpaired) electrons. The molecule has 0 atom stereocenters. The Hall–Kier alpha value is -2.50. The number of nitrogens with one attached hydrogen (secondary N) is 1. The molecule has 0 aliphatic rings. The van der Waals surface area contributed by atoms with Crippen LogP contribution in [0, 0.1) is 0 Å². The van der Waals surface area contributed by atoms with Gasteiger partial charge in [-0.25, -0.2) is 4.98 Å². The van der Waals surface area contributed by atoms with Gasteiger partial charge in [-0.2, -0.15) is 8.42 Å². The van der Waals surface area contributed by atoms with E-state index in [1.54, 1.807) is 12.1 Å². The number of hydrogen-bond donors (Lipinski definition) is 1. The van der Waals surface area contributed by atoms with Crippen LogP contribution in [0.1, 0.15) is 56.9 Å². The van der Waals surface area contributed by atoms with Crippen molar-refractivity contribution in [2.45, 2.75) is 64.6 Å². The zero-order chi connectivity index (χ0) is 30.1. The molecule has 2 aromatic heterocycles. The molecule has 0 saturated carbocycles. The molecule has 0 aliphatic heterocycles. The van der Waals surface area contributed by atoms with Crippen LogP contribution in [0.5, 0.6) is 0 Å². The molecule has 4 rings (SSSR count). The van der Waals surface area contributed by atoms with Gasteiger partial charge in [-0.1, -0.05) is 65.3 Å². The highest BCUT2D eigenvalue weighted by Crippen LogP contribution is 2.47. The number of halogens is 1. The van der Waals surface area contributed by atoms with E-state index < -0.39 is 18.4 Å². The third-order valence-electron chi connectivity index (χ3n) is 7.78. The summed E-state index contributed by atoms with van der Waals surface area (Å²) in [5.41, 5.74) is 4.01. The van der Waals surface area contributed by atoms with Gasteiger partial charge in [-0.3, -0.25) is 8.98 Å². The van der Waals surface area contributed by atoms with Gasteiger partial charge >= 0.3 is 0 Å². The van der Waals surface area contributed by atoms with Crippen LogP contribution < -0.4 is 4.57 Å². The lowest BCUT2D eigenvalue weighted by Gasteiger charge is -2.50. The fourth-order valence-electron chi connectivity index (χ4n) is 6.27. The van der Waals surface area contributed by atoms with Crippen LogP contribution in [-0.2, 0) is 20.7 Å². The second kappa shape index (κ2) is 12.4. The minimum absolute atomic E-state index is 0.0979. The first-order valence-electron chi connectivity index (χ1n) is 13.8. The number of aromatic nitrogens is 2. The SMILES string of the molecule is CC(C)[Si](C(C)C)(C(C)C)N(C(=O)c1sc(-c2ccc(Cl)cc2)nc1CCOS(C)(=O)=O)c1ccc2[nH]ccc2c1. The number of anilines is 1. The van der Waals surface area contributed by atoms with E-state index in [-0.39, 0.29) is 35.6 Å². The summed E-state index contributed by atoms with van der Waals surface area (Å²) < 4.78 is 30.6. The van der Waals surface area contributed by atoms with Gasteiger partial charge in [-0.15, -0.1) is 11.3 Å². The number of benzene rings is 2. The summed E-state index contributed by atoms with van der Waals surface area (Å²) in [6.07, 6.45) is 3.11. The summed E-state index contributed by atoms with van der Waals surface area (Å²) in [4.78, 5) is 23.6. The van der Waals surface area contributed by atoms with Crippen LogP contribution >= 0.6 is 22.9 Å². The number of hydrogen-bond acceptors (Lipinski definition) is 6. The second-order valence-electron chi connectivity index (χ2n) is 11.3. The van der Waals surface area contributed by atoms with Crippen LogP contribution in [0.2, 0.25) is 21.6 Å². The largest absolute Gasteiger partial charge is 0.361 e. The quantitative estimate of drug-likeness (QED) is 0.133. The van der Waals surface area contributed by atoms with E-state index in [4.69, 9.17) is 20.8 Å². The predicted octanol–water partition coefficient (Wildman–Crippen LogP) is 8.29. The van der Waals surface area contributed by atoms with E-state index in [1.165, 1.54) is 11.3 Å². The van der Waals surface area contributed by atoms with Crippen molar-refractivity contribution < 1.29 is 17.4 Å². The van der Waals surface area contributed by atoms with Crippen LogP contribution in [0.3, 0.4) is 0 Å².